The predicted molar refractivity (Wildman–Crippen MR) is 84.6 cm³/mol. The summed E-state index contributed by atoms with van der Waals surface area (Å²) in [6.07, 6.45) is 0.494. The van der Waals surface area contributed by atoms with E-state index in [4.69, 9.17) is 9.47 Å². The van der Waals surface area contributed by atoms with Gasteiger partial charge in [0.1, 0.15) is 11.9 Å². The lowest BCUT2D eigenvalue weighted by molar-refractivity contribution is -0.171. The summed E-state index contributed by atoms with van der Waals surface area (Å²) in [7, 11) is 0. The Morgan fingerprint density at radius 2 is 2.13 bits per heavy atom. The first-order valence-electron chi connectivity index (χ1n) is 7.53. The van der Waals surface area contributed by atoms with Crippen LogP contribution in [0.25, 0.3) is 11.0 Å². The number of aromatic amines is 1. The van der Waals surface area contributed by atoms with Gasteiger partial charge < -0.3 is 19.8 Å². The maximum absolute atomic E-state index is 10.7. The molecule has 0 aliphatic carbocycles. The van der Waals surface area contributed by atoms with Gasteiger partial charge in [-0.05, 0) is 12.1 Å². The Kier molecular flexibility index (Phi) is 6.10. The summed E-state index contributed by atoms with van der Waals surface area (Å²) >= 11 is 0. The number of carbonyl (C=O) groups is 2. The van der Waals surface area contributed by atoms with Crippen LogP contribution < -0.4 is 5.32 Å². The number of aromatic nitrogens is 2. The highest BCUT2D eigenvalue weighted by Crippen LogP contribution is 2.09. The quantitative estimate of drug-likeness (QED) is 0.834. The van der Waals surface area contributed by atoms with E-state index in [1.807, 2.05) is 24.3 Å². The Morgan fingerprint density at radius 1 is 1.39 bits per heavy atom. The molecule has 0 unspecified atom stereocenters. The van der Waals surface area contributed by atoms with Crippen LogP contribution in [0.4, 0.5) is 0 Å². The molecule has 1 amide bonds. The van der Waals surface area contributed by atoms with E-state index in [0.29, 0.717) is 26.2 Å². The molecule has 7 heteroatoms. The summed E-state index contributed by atoms with van der Waals surface area (Å²) in [5.41, 5.74) is 1.92. The fourth-order valence-electron chi connectivity index (χ4n) is 1.85. The van der Waals surface area contributed by atoms with Crippen molar-refractivity contribution in [2.45, 2.75) is 32.9 Å². The largest absolute Gasteiger partial charge is 0.457 e. The van der Waals surface area contributed by atoms with Crippen molar-refractivity contribution >= 4 is 22.9 Å². The van der Waals surface area contributed by atoms with Crippen LogP contribution in [0.1, 0.15) is 26.1 Å². The van der Waals surface area contributed by atoms with Crippen molar-refractivity contribution in [1.82, 2.24) is 15.3 Å². The zero-order valence-corrected chi connectivity index (χ0v) is 13.3. The second kappa shape index (κ2) is 8.28. The topological polar surface area (TPSA) is 93.3 Å². The van der Waals surface area contributed by atoms with Crippen molar-refractivity contribution in [3.8, 4) is 0 Å². The summed E-state index contributed by atoms with van der Waals surface area (Å²) in [4.78, 5) is 28.7. The van der Waals surface area contributed by atoms with Gasteiger partial charge in [-0.1, -0.05) is 19.1 Å². The number of carbonyl (C=O) groups excluding carboxylic acids is 2. The molecule has 1 aliphatic heterocycles. The van der Waals surface area contributed by atoms with E-state index in [-0.39, 0.29) is 18.0 Å². The van der Waals surface area contributed by atoms with Gasteiger partial charge in [0.05, 0.1) is 30.8 Å². The molecule has 23 heavy (non-hydrogen) atoms. The number of hydrogen-bond donors (Lipinski definition) is 2. The van der Waals surface area contributed by atoms with Crippen LogP contribution in [-0.4, -0.2) is 41.2 Å². The highest BCUT2D eigenvalue weighted by Gasteiger charge is 2.21. The zero-order valence-electron chi connectivity index (χ0n) is 13.3. The number of H-pyrrole nitrogens is 1. The van der Waals surface area contributed by atoms with Gasteiger partial charge in [0.15, 0.2) is 0 Å². The highest BCUT2D eigenvalue weighted by atomic mass is 16.6. The van der Waals surface area contributed by atoms with Crippen molar-refractivity contribution in [3.63, 3.8) is 0 Å². The molecule has 1 saturated heterocycles. The van der Waals surface area contributed by atoms with Crippen LogP contribution >= 0.6 is 0 Å². The first-order valence-corrected chi connectivity index (χ1v) is 7.53. The Balaban J connectivity index is 0.000000185. The predicted octanol–water partition coefficient (Wildman–Crippen LogP) is 1.54. The molecule has 0 spiro atoms. The standard InChI is InChI=1S/C10H11N3O.C6H10O3/c1-7(14)11-6-10-12-8-4-2-3-5-9(8)13-10;1-2-6(7)9-5-3-8-4-5/h2-5H,6H2,1H3,(H,11,14)(H,12,13);5H,2-4H2,1H3. The van der Waals surface area contributed by atoms with Gasteiger partial charge in [-0.2, -0.15) is 0 Å². The first-order chi connectivity index (χ1) is 11.1. The van der Waals surface area contributed by atoms with Crippen molar-refractivity contribution < 1.29 is 19.1 Å². The summed E-state index contributed by atoms with van der Waals surface area (Å²) < 4.78 is 9.67. The first kappa shape index (κ1) is 17.0. The molecular formula is C16H21N3O4. The van der Waals surface area contributed by atoms with E-state index in [2.05, 4.69) is 15.3 Å². The number of benzene rings is 1. The highest BCUT2D eigenvalue weighted by molar-refractivity contribution is 5.75. The summed E-state index contributed by atoms with van der Waals surface area (Å²) in [5, 5.41) is 2.69. The molecule has 1 aromatic carbocycles. The minimum absolute atomic E-state index is 0.0393. The van der Waals surface area contributed by atoms with Crippen LogP contribution in [0.5, 0.6) is 0 Å². The van der Waals surface area contributed by atoms with Gasteiger partial charge in [0, 0.05) is 13.3 Å². The molecule has 1 fully saturated rings. The average Bonchev–Trinajstić information content (AvgIpc) is 2.92. The zero-order chi connectivity index (χ0) is 16.7. The average molecular weight is 319 g/mol. The molecule has 3 rings (SSSR count). The third-order valence-electron chi connectivity index (χ3n) is 3.14. The van der Waals surface area contributed by atoms with Gasteiger partial charge in [0.25, 0.3) is 0 Å². The third-order valence-corrected chi connectivity index (χ3v) is 3.14. The molecule has 0 atom stereocenters. The molecule has 124 valence electrons. The van der Waals surface area contributed by atoms with Crippen LogP contribution in [0.3, 0.4) is 0 Å². The van der Waals surface area contributed by atoms with E-state index < -0.39 is 0 Å². The number of nitrogens with zero attached hydrogens (tertiary/aromatic N) is 1. The number of nitrogens with one attached hydrogen (secondary N) is 2. The second-order valence-corrected chi connectivity index (χ2v) is 5.11. The van der Waals surface area contributed by atoms with Gasteiger partial charge >= 0.3 is 5.97 Å². The summed E-state index contributed by atoms with van der Waals surface area (Å²) in [6.45, 7) is 4.87. The van der Waals surface area contributed by atoms with E-state index >= 15 is 0 Å². The van der Waals surface area contributed by atoms with E-state index in [1.54, 1.807) is 6.92 Å². The number of imidazole rings is 1. The molecule has 0 bridgehead atoms. The Hall–Kier alpha value is -2.41. The van der Waals surface area contributed by atoms with E-state index in [0.717, 1.165) is 16.9 Å². The van der Waals surface area contributed by atoms with Gasteiger partial charge in [0.2, 0.25) is 5.91 Å². The molecule has 7 nitrogen and oxygen atoms in total. The fraction of sp³-hybridized carbons (Fsp3) is 0.438. The molecule has 0 radical (unpaired) electrons. The number of hydrogen-bond acceptors (Lipinski definition) is 5. The SMILES string of the molecule is CC(=O)NCc1nc2ccccc2[nH]1.CCC(=O)OC1COC1. The van der Waals surface area contributed by atoms with E-state index in [9.17, 15) is 9.59 Å². The Bertz CT molecular complexity index is 631. The number of esters is 1. The van der Waals surface area contributed by atoms with Crippen molar-refractivity contribution in [2.24, 2.45) is 0 Å². The lowest BCUT2D eigenvalue weighted by Crippen LogP contribution is -2.37. The maximum atomic E-state index is 10.7. The molecule has 1 aliphatic rings. The van der Waals surface area contributed by atoms with Crippen molar-refractivity contribution in [1.29, 1.82) is 0 Å². The molecular weight excluding hydrogens is 298 g/mol. The van der Waals surface area contributed by atoms with E-state index in [1.165, 1.54) is 6.92 Å². The molecule has 1 aromatic heterocycles. The van der Waals surface area contributed by atoms with Gasteiger partial charge in [-0.3, -0.25) is 9.59 Å². The summed E-state index contributed by atoms with van der Waals surface area (Å²) in [6, 6.07) is 7.77. The van der Waals surface area contributed by atoms with Crippen LogP contribution in [0.2, 0.25) is 0 Å². The number of rotatable bonds is 4. The third kappa shape index (κ3) is 5.37. The fourth-order valence-corrected chi connectivity index (χ4v) is 1.85. The summed E-state index contributed by atoms with van der Waals surface area (Å²) in [5.74, 6) is 0.593. The van der Waals surface area contributed by atoms with Gasteiger partial charge in [-0.25, -0.2) is 4.98 Å². The Labute approximate surface area is 134 Å². The van der Waals surface area contributed by atoms with Crippen molar-refractivity contribution in [3.05, 3.63) is 30.1 Å². The van der Waals surface area contributed by atoms with Gasteiger partial charge in [-0.15, -0.1) is 0 Å². The maximum Gasteiger partial charge on any atom is 0.305 e. The minimum Gasteiger partial charge on any atom is -0.457 e. The molecule has 2 N–H and O–H groups in total. The van der Waals surface area contributed by atoms with Crippen LogP contribution in [-0.2, 0) is 25.6 Å². The Morgan fingerprint density at radius 3 is 2.70 bits per heavy atom. The monoisotopic (exact) mass is 319 g/mol. The van der Waals surface area contributed by atoms with Crippen LogP contribution in [0.15, 0.2) is 24.3 Å². The number of fused-ring (bicyclic) bond motifs is 1. The minimum atomic E-state index is -0.136. The normalized spacial score (nSPS) is 13.7. The lowest BCUT2D eigenvalue weighted by Gasteiger charge is -2.25. The lowest BCUT2D eigenvalue weighted by atomic mass is 10.3. The number of amides is 1. The molecule has 0 saturated carbocycles. The number of para-hydroxylation sites is 2. The smallest absolute Gasteiger partial charge is 0.305 e. The molecule has 2 aromatic rings. The molecule has 2 heterocycles. The van der Waals surface area contributed by atoms with Crippen LogP contribution in [0, 0.1) is 0 Å². The second-order valence-electron chi connectivity index (χ2n) is 5.11. The van der Waals surface area contributed by atoms with Crippen molar-refractivity contribution in [2.75, 3.05) is 13.2 Å². The number of ether oxygens (including phenoxy) is 2.